The molecule has 0 aliphatic rings. The Morgan fingerprint density at radius 1 is 0.939 bits per heavy atom. The van der Waals surface area contributed by atoms with Gasteiger partial charge in [-0.2, -0.15) is 0 Å². The molecule has 0 aliphatic heterocycles. The van der Waals surface area contributed by atoms with Crippen molar-refractivity contribution in [3.8, 4) is 11.5 Å². The number of esters is 2. The molecule has 0 saturated heterocycles. The molecule has 1 rings (SSSR count). The highest BCUT2D eigenvalue weighted by Gasteiger charge is 2.23. The highest BCUT2D eigenvalue weighted by atomic mass is 16.7. The molecular formula is C19H28N4O10. The fourth-order valence-electron chi connectivity index (χ4n) is 2.45. The van der Waals surface area contributed by atoms with E-state index in [2.05, 4.69) is 5.28 Å². The van der Waals surface area contributed by atoms with E-state index in [-0.39, 0.29) is 35.2 Å². The average Bonchev–Trinajstić information content (AvgIpc) is 2.77. The Hall–Kier alpha value is -3.84. The lowest BCUT2D eigenvalue weighted by molar-refractivity contribution is -0.710. The molecular weight excluding hydrogens is 444 g/mol. The average molecular weight is 472 g/mol. The highest BCUT2D eigenvalue weighted by Crippen LogP contribution is 2.35. The van der Waals surface area contributed by atoms with Gasteiger partial charge in [-0.1, -0.05) is 0 Å². The summed E-state index contributed by atoms with van der Waals surface area (Å²) in [4.78, 5) is 39.3. The largest absolute Gasteiger partial charge is 0.569 e. The van der Waals surface area contributed by atoms with Crippen LogP contribution in [0.5, 0.6) is 11.5 Å². The van der Waals surface area contributed by atoms with Gasteiger partial charge in [0.05, 0.1) is 47.8 Å². The number of nitro benzene ring substituents is 1. The van der Waals surface area contributed by atoms with Gasteiger partial charge in [0, 0.05) is 0 Å². The van der Waals surface area contributed by atoms with Crippen LogP contribution >= 0.6 is 0 Å². The molecule has 0 unspecified atom stereocenters. The third kappa shape index (κ3) is 9.04. The molecule has 0 spiro atoms. The van der Waals surface area contributed by atoms with Crippen molar-refractivity contribution in [3.05, 3.63) is 33.0 Å². The van der Waals surface area contributed by atoms with Gasteiger partial charge in [-0.25, -0.2) is 9.59 Å². The second kappa shape index (κ2) is 14.3. The summed E-state index contributed by atoms with van der Waals surface area (Å²) >= 11 is 0. The standard InChI is InChI=1S/C19H28N4O10/c1-5-21(6-2)23(28)20-33-11-14-9-16(31-12-18(24)29-7-3)17(10-15(14)22(26)27)32-13-19(25)30-8-4/h9-10H,5-8,11-13H2,1-4H3/b23-20-. The Bertz CT molecular complexity index is 842. The number of rotatable bonds is 15. The van der Waals surface area contributed by atoms with Crippen molar-refractivity contribution < 1.29 is 43.3 Å². The third-order valence-electron chi connectivity index (χ3n) is 3.96. The molecule has 184 valence electrons. The predicted octanol–water partition coefficient (Wildman–Crippen LogP) is 2.13. The minimum absolute atomic E-state index is 0.0148. The number of benzene rings is 1. The fourth-order valence-corrected chi connectivity index (χ4v) is 2.45. The van der Waals surface area contributed by atoms with E-state index in [1.54, 1.807) is 27.7 Å². The van der Waals surface area contributed by atoms with Gasteiger partial charge >= 0.3 is 11.9 Å². The van der Waals surface area contributed by atoms with Gasteiger partial charge < -0.3 is 29.0 Å². The van der Waals surface area contributed by atoms with Gasteiger partial charge in [0.25, 0.3) is 5.69 Å². The molecule has 0 heterocycles. The number of carbonyl (C=O) groups excluding carboxylic acids is 2. The molecule has 0 amide bonds. The van der Waals surface area contributed by atoms with E-state index in [1.807, 2.05) is 0 Å². The van der Waals surface area contributed by atoms with E-state index < -0.39 is 42.4 Å². The summed E-state index contributed by atoms with van der Waals surface area (Å²) in [6, 6.07) is 2.21. The SMILES string of the molecule is CCOC(=O)COc1cc(CO/N=[N+](\[O-])N(CC)CC)c([N+](=O)[O-])cc1OCC(=O)OCC. The second-order valence-electron chi connectivity index (χ2n) is 6.12. The van der Waals surface area contributed by atoms with Crippen LogP contribution in [0.3, 0.4) is 0 Å². The van der Waals surface area contributed by atoms with Gasteiger partial charge in [0.15, 0.2) is 31.3 Å². The molecule has 0 bridgehead atoms. The van der Waals surface area contributed by atoms with Crippen LogP contribution in [-0.2, 0) is 30.5 Å². The summed E-state index contributed by atoms with van der Waals surface area (Å²) in [6.45, 7) is 6.23. The van der Waals surface area contributed by atoms with E-state index in [0.29, 0.717) is 13.1 Å². The van der Waals surface area contributed by atoms with Gasteiger partial charge in [-0.05, 0) is 33.8 Å². The molecule has 0 saturated carbocycles. The zero-order valence-electron chi connectivity index (χ0n) is 19.0. The fraction of sp³-hybridized carbons (Fsp3) is 0.579. The lowest BCUT2D eigenvalue weighted by atomic mass is 10.1. The normalized spacial score (nSPS) is 10.8. The molecule has 0 fully saturated rings. The number of hydrogen-bond acceptors (Lipinski definition) is 11. The van der Waals surface area contributed by atoms with Crippen LogP contribution in [0, 0.1) is 15.3 Å². The van der Waals surface area contributed by atoms with Crippen LogP contribution in [0.25, 0.3) is 0 Å². The first-order chi connectivity index (χ1) is 15.8. The van der Waals surface area contributed by atoms with Crippen molar-refractivity contribution in [1.82, 2.24) is 5.01 Å². The number of hydrazine groups is 1. The number of hydrogen-bond donors (Lipinski definition) is 0. The molecule has 14 heteroatoms. The van der Waals surface area contributed by atoms with E-state index in [0.717, 1.165) is 6.07 Å². The van der Waals surface area contributed by atoms with Crippen molar-refractivity contribution in [2.24, 2.45) is 5.28 Å². The quantitative estimate of drug-likeness (QED) is 0.121. The monoisotopic (exact) mass is 472 g/mol. The van der Waals surface area contributed by atoms with E-state index >= 15 is 0 Å². The second-order valence-corrected chi connectivity index (χ2v) is 6.12. The Balaban J connectivity index is 3.19. The van der Waals surface area contributed by atoms with Crippen LogP contribution in [-0.4, -0.2) is 66.4 Å². The van der Waals surface area contributed by atoms with Crippen molar-refractivity contribution in [3.63, 3.8) is 0 Å². The van der Waals surface area contributed by atoms with Gasteiger partial charge in [0.1, 0.15) is 0 Å². The van der Waals surface area contributed by atoms with E-state index in [1.165, 1.54) is 11.1 Å². The van der Waals surface area contributed by atoms with Gasteiger partial charge in [0.2, 0.25) is 5.28 Å². The summed E-state index contributed by atoms with van der Waals surface area (Å²) < 4.78 is 20.2. The minimum atomic E-state index is -0.704. The molecule has 0 aromatic heterocycles. The summed E-state index contributed by atoms with van der Waals surface area (Å²) in [5.41, 5.74) is -0.452. The van der Waals surface area contributed by atoms with Crippen molar-refractivity contribution in [1.29, 1.82) is 0 Å². The highest BCUT2D eigenvalue weighted by molar-refractivity contribution is 5.72. The Labute approximate surface area is 190 Å². The molecule has 0 radical (unpaired) electrons. The van der Waals surface area contributed by atoms with Crippen LogP contribution in [0.1, 0.15) is 33.3 Å². The Morgan fingerprint density at radius 3 is 1.91 bits per heavy atom. The zero-order valence-corrected chi connectivity index (χ0v) is 19.0. The topological polar surface area (TPSA) is 165 Å². The van der Waals surface area contributed by atoms with Crippen LogP contribution in [0.4, 0.5) is 5.69 Å². The zero-order chi connectivity index (χ0) is 24.8. The number of ether oxygens (including phenoxy) is 4. The first-order valence-electron chi connectivity index (χ1n) is 10.2. The molecule has 1 aromatic carbocycles. The predicted molar refractivity (Wildman–Crippen MR) is 111 cm³/mol. The molecule has 0 aliphatic carbocycles. The van der Waals surface area contributed by atoms with Crippen LogP contribution in [0.2, 0.25) is 0 Å². The first kappa shape index (κ1) is 27.2. The van der Waals surface area contributed by atoms with E-state index in [4.69, 9.17) is 23.8 Å². The van der Waals surface area contributed by atoms with Crippen LogP contribution < -0.4 is 9.47 Å². The third-order valence-corrected chi connectivity index (χ3v) is 3.96. The Morgan fingerprint density at radius 2 is 1.45 bits per heavy atom. The first-order valence-corrected chi connectivity index (χ1v) is 10.2. The number of carbonyl (C=O) groups is 2. The molecule has 0 atom stereocenters. The van der Waals surface area contributed by atoms with Gasteiger partial charge in [-0.15, -0.1) is 5.01 Å². The Kier molecular flexibility index (Phi) is 11.8. The summed E-state index contributed by atoms with van der Waals surface area (Å²) in [7, 11) is 0. The van der Waals surface area contributed by atoms with Crippen molar-refractivity contribution >= 4 is 17.6 Å². The smallest absolute Gasteiger partial charge is 0.344 e. The summed E-state index contributed by atoms with van der Waals surface area (Å²) in [6.07, 6.45) is 0. The number of nitro groups is 1. The number of nitrogens with zero attached hydrogens (tertiary/aromatic N) is 4. The minimum Gasteiger partial charge on any atom is -0.569 e. The maximum absolute atomic E-state index is 11.9. The van der Waals surface area contributed by atoms with Gasteiger partial charge in [-0.3, -0.25) is 10.1 Å². The van der Waals surface area contributed by atoms with E-state index in [9.17, 15) is 24.9 Å². The maximum Gasteiger partial charge on any atom is 0.344 e. The lowest BCUT2D eigenvalue weighted by Gasteiger charge is -2.14. The van der Waals surface area contributed by atoms with Crippen molar-refractivity contribution in [2.45, 2.75) is 34.3 Å². The maximum atomic E-state index is 11.9. The summed E-state index contributed by atoms with van der Waals surface area (Å²) in [5.74, 6) is -1.64. The molecule has 33 heavy (non-hydrogen) atoms. The lowest BCUT2D eigenvalue weighted by Crippen LogP contribution is -2.30. The summed E-state index contributed by atoms with van der Waals surface area (Å²) in [5, 5.41) is 28.1. The van der Waals surface area contributed by atoms with Crippen LogP contribution in [0.15, 0.2) is 17.4 Å². The molecule has 14 nitrogen and oxygen atoms in total. The van der Waals surface area contributed by atoms with Crippen molar-refractivity contribution in [2.75, 3.05) is 39.5 Å². The molecule has 1 aromatic rings. The molecule has 0 N–H and O–H groups in total.